The van der Waals surface area contributed by atoms with Gasteiger partial charge in [-0.05, 0) is 90.0 Å². The Kier molecular flexibility index (Phi) is 6.60. The lowest BCUT2D eigenvalue weighted by Gasteiger charge is -2.12. The molecule has 3 nitrogen and oxygen atoms in total. The van der Waals surface area contributed by atoms with Gasteiger partial charge in [-0.15, -0.1) is 11.3 Å². The van der Waals surface area contributed by atoms with E-state index in [0.717, 1.165) is 5.69 Å². The van der Waals surface area contributed by atoms with Crippen LogP contribution in [0.15, 0.2) is 200 Å². The number of fused-ring (bicyclic) bond motifs is 12. The quantitative estimate of drug-likeness (QED) is 0.170. The van der Waals surface area contributed by atoms with Crippen LogP contribution in [0.25, 0.3) is 114 Å². The van der Waals surface area contributed by atoms with Crippen LogP contribution in [0.2, 0.25) is 0 Å². The van der Waals surface area contributed by atoms with E-state index in [4.69, 9.17) is 0 Å². The average Bonchev–Trinajstić information content (AvgIpc) is 4.02. The van der Waals surface area contributed by atoms with Crippen LogP contribution in [0.3, 0.4) is 0 Å². The van der Waals surface area contributed by atoms with Crippen LogP contribution in [0.1, 0.15) is 0 Å². The van der Waals surface area contributed by atoms with Crippen LogP contribution in [0, 0.1) is 0 Å². The maximum absolute atomic E-state index is 2.48. The minimum Gasteiger partial charge on any atom is -0.309 e. The molecule has 0 saturated heterocycles. The number of hydrogen-bond acceptors (Lipinski definition) is 1. The van der Waals surface area contributed by atoms with Gasteiger partial charge in [0.25, 0.3) is 0 Å². The molecule has 4 heteroatoms. The Morgan fingerprint density at radius 2 is 0.862 bits per heavy atom. The zero-order chi connectivity index (χ0) is 37.9. The van der Waals surface area contributed by atoms with Crippen molar-refractivity contribution in [3.63, 3.8) is 0 Å². The Hall–Kier alpha value is -7.40. The van der Waals surface area contributed by atoms with E-state index in [0.29, 0.717) is 0 Å². The molecule has 0 atom stereocenters. The lowest BCUT2D eigenvalue weighted by molar-refractivity contribution is 1.17. The molecule has 0 unspecified atom stereocenters. The zero-order valence-electron chi connectivity index (χ0n) is 31.3. The fraction of sp³-hybridized carbons (Fsp3) is 0. The summed E-state index contributed by atoms with van der Waals surface area (Å²) in [5.41, 5.74) is 13.3. The van der Waals surface area contributed by atoms with Gasteiger partial charge in [-0.1, -0.05) is 121 Å². The number of benzene rings is 9. The second-order valence-electron chi connectivity index (χ2n) is 15.3. The van der Waals surface area contributed by atoms with Gasteiger partial charge in [-0.25, -0.2) is 0 Å². The number of hydrogen-bond donors (Lipinski definition) is 0. The zero-order valence-corrected chi connectivity index (χ0v) is 32.1. The van der Waals surface area contributed by atoms with E-state index < -0.39 is 0 Å². The predicted molar refractivity (Wildman–Crippen MR) is 248 cm³/mol. The van der Waals surface area contributed by atoms with Gasteiger partial charge in [0.15, 0.2) is 0 Å². The largest absolute Gasteiger partial charge is 0.309 e. The molecule has 4 aromatic heterocycles. The van der Waals surface area contributed by atoms with Crippen molar-refractivity contribution in [1.82, 2.24) is 13.7 Å². The molecule has 9 aromatic carbocycles. The van der Waals surface area contributed by atoms with Gasteiger partial charge in [0.2, 0.25) is 0 Å². The Balaban J connectivity index is 1.01. The van der Waals surface area contributed by atoms with Crippen molar-refractivity contribution in [2.24, 2.45) is 0 Å². The molecule has 13 rings (SSSR count). The van der Waals surface area contributed by atoms with Crippen LogP contribution < -0.4 is 0 Å². The minimum atomic E-state index is 1.16. The summed E-state index contributed by atoms with van der Waals surface area (Å²) in [4.78, 5) is 0. The number of thiophene rings is 1. The van der Waals surface area contributed by atoms with Crippen LogP contribution >= 0.6 is 11.3 Å². The van der Waals surface area contributed by atoms with Crippen molar-refractivity contribution in [3.8, 4) is 28.2 Å². The monoisotopic (exact) mass is 755 g/mol. The molecule has 270 valence electrons. The lowest BCUT2D eigenvalue weighted by atomic mass is 9.98. The van der Waals surface area contributed by atoms with Crippen LogP contribution in [-0.4, -0.2) is 13.7 Å². The molecule has 0 bridgehead atoms. The summed E-state index contributed by atoms with van der Waals surface area (Å²) < 4.78 is 9.89. The molecule has 0 aliphatic heterocycles. The highest BCUT2D eigenvalue weighted by atomic mass is 32.1. The average molecular weight is 756 g/mol. The van der Waals surface area contributed by atoms with E-state index in [9.17, 15) is 0 Å². The number of aromatic nitrogens is 3. The van der Waals surface area contributed by atoms with Gasteiger partial charge in [0, 0.05) is 63.9 Å². The highest BCUT2D eigenvalue weighted by Gasteiger charge is 2.21. The first-order chi connectivity index (χ1) is 28.8. The summed E-state index contributed by atoms with van der Waals surface area (Å²) in [6, 6.07) is 73.6. The van der Waals surface area contributed by atoms with Crippen molar-refractivity contribution < 1.29 is 0 Å². The number of rotatable bonds is 4. The first-order valence-corrected chi connectivity index (χ1v) is 20.7. The Morgan fingerprint density at radius 1 is 0.293 bits per heavy atom. The third-order valence-corrected chi connectivity index (χ3v) is 13.4. The molecule has 0 radical (unpaired) electrons. The van der Waals surface area contributed by atoms with Crippen molar-refractivity contribution in [1.29, 1.82) is 0 Å². The molecule has 0 aliphatic rings. The standard InChI is InChI=1S/C54H33N3S/c1-2-14-35(15-3-1)55-47-24-11-7-19-41(47)54-49(55)25-13-26-50(54)57-46-23-10-6-18-40(46)43-32-34(28-31-48(43)57)37-20-12-27-51-53(37)42-30-29-36(33-52(42)58-51)56-44-21-8-4-16-38(44)39-17-5-9-22-45(39)56/h1-33H. The SMILES string of the molecule is c1ccc(-n2c3ccccc3c3c(-n4c5ccccc5c5cc(-c6cccc7sc8cc(-n9c%10ccccc%10c%10ccccc%109)ccc8c67)ccc54)cccc32)cc1. The van der Waals surface area contributed by atoms with Crippen molar-refractivity contribution in [3.05, 3.63) is 200 Å². The Morgan fingerprint density at radius 3 is 1.60 bits per heavy atom. The van der Waals surface area contributed by atoms with Crippen molar-refractivity contribution >= 4 is 96.9 Å². The molecule has 4 heterocycles. The fourth-order valence-electron chi connectivity index (χ4n) is 9.84. The summed E-state index contributed by atoms with van der Waals surface area (Å²) in [6.07, 6.45) is 0. The maximum Gasteiger partial charge on any atom is 0.0562 e. The van der Waals surface area contributed by atoms with E-state index in [1.54, 1.807) is 0 Å². The van der Waals surface area contributed by atoms with Crippen molar-refractivity contribution in [2.45, 2.75) is 0 Å². The highest BCUT2D eigenvalue weighted by Crippen LogP contribution is 2.44. The highest BCUT2D eigenvalue weighted by molar-refractivity contribution is 7.26. The van der Waals surface area contributed by atoms with Gasteiger partial charge in [-0.3, -0.25) is 0 Å². The number of nitrogens with zero attached hydrogens (tertiary/aromatic N) is 3. The second kappa shape index (κ2) is 12.1. The van der Waals surface area contributed by atoms with Gasteiger partial charge in [0.1, 0.15) is 0 Å². The molecule has 0 N–H and O–H groups in total. The molecule has 58 heavy (non-hydrogen) atoms. The molecule has 0 aliphatic carbocycles. The molecular formula is C54H33N3S. The Labute approximate surface area is 337 Å². The van der Waals surface area contributed by atoms with Crippen LogP contribution in [0.4, 0.5) is 0 Å². The van der Waals surface area contributed by atoms with Gasteiger partial charge in [-0.2, -0.15) is 0 Å². The lowest BCUT2D eigenvalue weighted by Crippen LogP contribution is -1.96. The third kappa shape index (κ3) is 4.38. The maximum atomic E-state index is 2.48. The predicted octanol–water partition coefficient (Wildman–Crippen LogP) is 15.0. The number of para-hydroxylation sites is 5. The molecule has 0 saturated carbocycles. The smallest absolute Gasteiger partial charge is 0.0562 e. The van der Waals surface area contributed by atoms with Crippen LogP contribution in [-0.2, 0) is 0 Å². The summed E-state index contributed by atoms with van der Waals surface area (Å²) in [7, 11) is 0. The molecule has 13 aromatic rings. The third-order valence-electron chi connectivity index (χ3n) is 12.2. The minimum absolute atomic E-state index is 1.16. The Bertz CT molecular complexity index is 3750. The first-order valence-electron chi connectivity index (χ1n) is 19.9. The van der Waals surface area contributed by atoms with E-state index in [1.165, 1.54) is 108 Å². The summed E-state index contributed by atoms with van der Waals surface area (Å²) in [5.74, 6) is 0. The van der Waals surface area contributed by atoms with E-state index in [1.807, 2.05) is 11.3 Å². The summed E-state index contributed by atoms with van der Waals surface area (Å²) >= 11 is 1.88. The molecule has 0 fully saturated rings. The van der Waals surface area contributed by atoms with E-state index in [2.05, 4.69) is 214 Å². The van der Waals surface area contributed by atoms with Gasteiger partial charge >= 0.3 is 0 Å². The second-order valence-corrected chi connectivity index (χ2v) is 16.4. The van der Waals surface area contributed by atoms with E-state index in [-0.39, 0.29) is 0 Å². The summed E-state index contributed by atoms with van der Waals surface area (Å²) in [5, 5.41) is 10.2. The van der Waals surface area contributed by atoms with Crippen molar-refractivity contribution in [2.75, 3.05) is 0 Å². The fourth-order valence-corrected chi connectivity index (χ4v) is 11.0. The summed E-state index contributed by atoms with van der Waals surface area (Å²) in [6.45, 7) is 0. The molecular weight excluding hydrogens is 723 g/mol. The van der Waals surface area contributed by atoms with Crippen LogP contribution in [0.5, 0.6) is 0 Å². The van der Waals surface area contributed by atoms with Gasteiger partial charge in [0.05, 0.1) is 38.8 Å². The molecule has 0 amide bonds. The topological polar surface area (TPSA) is 14.8 Å². The molecule has 0 spiro atoms. The first kappa shape index (κ1) is 31.8. The normalized spacial score (nSPS) is 12.1. The van der Waals surface area contributed by atoms with E-state index >= 15 is 0 Å². The van der Waals surface area contributed by atoms with Gasteiger partial charge < -0.3 is 13.7 Å².